The quantitative estimate of drug-likeness (QED) is 0.676. The molecule has 0 N–H and O–H groups in total. The summed E-state index contributed by atoms with van der Waals surface area (Å²) in [6, 6.07) is -1.50. The number of alkyl halides is 2. The number of esters is 1. The van der Waals surface area contributed by atoms with Gasteiger partial charge >= 0.3 is 12.1 Å². The Kier molecular flexibility index (Phi) is 5.40. The molecule has 3 fully saturated rings. The Hall–Kier alpha value is -1.44. The van der Waals surface area contributed by atoms with Crippen molar-refractivity contribution in [3.05, 3.63) is 0 Å². The topological polar surface area (TPSA) is 59.1 Å². The Morgan fingerprint density at radius 2 is 1.86 bits per heavy atom. The summed E-state index contributed by atoms with van der Waals surface area (Å²) in [5.74, 6) is -2.97. The second-order valence-corrected chi connectivity index (χ2v) is 9.72. The number of carbonyl (C=O) groups excluding carboxylic acids is 2. The van der Waals surface area contributed by atoms with Gasteiger partial charge in [-0.15, -0.1) is 0 Å². The third-order valence-corrected chi connectivity index (χ3v) is 6.05. The highest BCUT2D eigenvalue weighted by atomic mass is 19.3. The van der Waals surface area contributed by atoms with Crippen molar-refractivity contribution in [3.8, 4) is 0 Å². The fourth-order valence-electron chi connectivity index (χ4n) is 5.02. The van der Waals surface area contributed by atoms with E-state index in [2.05, 4.69) is 0 Å². The molecule has 1 saturated carbocycles. The van der Waals surface area contributed by atoms with E-state index in [1.54, 1.807) is 27.7 Å². The summed E-state index contributed by atoms with van der Waals surface area (Å²) in [6.45, 7) is 9.65. The van der Waals surface area contributed by atoms with Crippen LogP contribution in [0.5, 0.6) is 0 Å². The van der Waals surface area contributed by atoms with Gasteiger partial charge in [-0.1, -0.05) is 0 Å². The third kappa shape index (κ3) is 3.98. The predicted octanol–water partition coefficient (Wildman–Crippen LogP) is 3.29. The largest absolute Gasteiger partial charge is 0.466 e. The number of halogens is 2. The molecule has 2 atom stereocenters. The van der Waals surface area contributed by atoms with Crippen LogP contribution in [0.15, 0.2) is 0 Å². The van der Waals surface area contributed by atoms with Crippen LogP contribution in [0.4, 0.5) is 13.6 Å². The van der Waals surface area contributed by atoms with Crippen molar-refractivity contribution < 1.29 is 27.8 Å². The molecule has 1 aliphatic carbocycles. The predicted molar refractivity (Wildman–Crippen MR) is 99.1 cm³/mol. The van der Waals surface area contributed by atoms with Crippen LogP contribution in [0.25, 0.3) is 0 Å². The second kappa shape index (κ2) is 7.11. The molecule has 2 aliphatic heterocycles. The van der Waals surface area contributed by atoms with Gasteiger partial charge in [0.05, 0.1) is 30.7 Å². The van der Waals surface area contributed by atoms with Crippen molar-refractivity contribution in [1.29, 1.82) is 0 Å². The van der Waals surface area contributed by atoms with E-state index in [0.717, 1.165) is 0 Å². The number of hydrogen-bond donors (Lipinski definition) is 0. The minimum atomic E-state index is -2.97. The van der Waals surface area contributed by atoms with Gasteiger partial charge in [0.1, 0.15) is 5.60 Å². The molecule has 2 heterocycles. The molecule has 0 aromatic rings. The van der Waals surface area contributed by atoms with Gasteiger partial charge in [-0.05, 0) is 59.8 Å². The zero-order valence-corrected chi connectivity index (χ0v) is 17.5. The summed E-state index contributed by atoms with van der Waals surface area (Å²) in [6.07, 6.45) is 1.16. The molecule has 0 unspecified atom stereocenters. The summed E-state index contributed by atoms with van der Waals surface area (Å²) < 4.78 is 40.0. The van der Waals surface area contributed by atoms with Crippen LogP contribution in [0.3, 0.4) is 0 Å². The molecule has 3 rings (SSSR count). The van der Waals surface area contributed by atoms with E-state index in [1.807, 2.05) is 11.8 Å². The normalized spacial score (nSPS) is 34.7. The summed E-state index contributed by atoms with van der Waals surface area (Å²) in [5, 5.41) is 0. The van der Waals surface area contributed by atoms with E-state index < -0.39 is 41.7 Å². The van der Waals surface area contributed by atoms with Gasteiger partial charge in [-0.3, -0.25) is 14.6 Å². The van der Waals surface area contributed by atoms with Crippen LogP contribution in [0.2, 0.25) is 0 Å². The van der Waals surface area contributed by atoms with Gasteiger partial charge in [-0.2, -0.15) is 0 Å². The van der Waals surface area contributed by atoms with E-state index in [0.29, 0.717) is 39.0 Å². The average Bonchev–Trinajstić information content (AvgIpc) is 3.04. The van der Waals surface area contributed by atoms with Gasteiger partial charge < -0.3 is 9.47 Å². The first-order chi connectivity index (χ1) is 12.9. The Labute approximate surface area is 165 Å². The Balaban J connectivity index is 1.61. The molecule has 0 aromatic carbocycles. The van der Waals surface area contributed by atoms with Crippen molar-refractivity contribution in [1.82, 2.24) is 9.80 Å². The number of ether oxygens (including phenoxy) is 2. The Morgan fingerprint density at radius 3 is 2.43 bits per heavy atom. The molecule has 6 nitrogen and oxygen atoms in total. The van der Waals surface area contributed by atoms with E-state index in [-0.39, 0.29) is 11.9 Å². The molecule has 0 aromatic heterocycles. The average molecular weight is 402 g/mol. The highest BCUT2D eigenvalue weighted by Crippen LogP contribution is 2.49. The highest BCUT2D eigenvalue weighted by Gasteiger charge is 2.62. The maximum Gasteiger partial charge on any atom is 0.410 e. The number of carbonyl (C=O) groups is 2. The zero-order chi connectivity index (χ0) is 20.9. The van der Waals surface area contributed by atoms with E-state index in [4.69, 9.17) is 9.47 Å². The minimum Gasteiger partial charge on any atom is -0.466 e. The first-order valence-corrected chi connectivity index (χ1v) is 10.1. The Bertz CT molecular complexity index is 628. The van der Waals surface area contributed by atoms with E-state index >= 15 is 0 Å². The molecular weight excluding hydrogens is 370 g/mol. The third-order valence-electron chi connectivity index (χ3n) is 6.05. The summed E-state index contributed by atoms with van der Waals surface area (Å²) >= 11 is 0. The lowest BCUT2D eigenvalue weighted by Crippen LogP contribution is -2.51. The lowest BCUT2D eigenvalue weighted by atomic mass is 9.63. The number of likely N-dealkylation sites (tertiary alicyclic amines) is 2. The number of hydrogen-bond acceptors (Lipinski definition) is 5. The van der Waals surface area contributed by atoms with Crippen LogP contribution in [0.1, 0.15) is 53.9 Å². The molecular formula is C20H32F2N2O4. The first kappa shape index (κ1) is 21.3. The SMILES string of the molecule is CCOC(=O)C1(C)CC(CN2CC[C@H]3[C@@H]2C(F)(F)CN3C(=O)OC(C)(C)C)C1. The van der Waals surface area contributed by atoms with E-state index in [9.17, 15) is 18.4 Å². The number of fused-ring (bicyclic) bond motifs is 1. The van der Waals surface area contributed by atoms with Crippen LogP contribution in [-0.2, 0) is 14.3 Å². The minimum absolute atomic E-state index is 0.194. The number of rotatable bonds is 4. The monoisotopic (exact) mass is 402 g/mol. The second-order valence-electron chi connectivity index (χ2n) is 9.72. The summed E-state index contributed by atoms with van der Waals surface area (Å²) in [5.41, 5.74) is -1.22. The summed E-state index contributed by atoms with van der Waals surface area (Å²) in [7, 11) is 0. The molecule has 160 valence electrons. The molecule has 28 heavy (non-hydrogen) atoms. The number of amides is 1. The summed E-state index contributed by atoms with van der Waals surface area (Å²) in [4.78, 5) is 27.5. The standard InChI is InChI=1S/C20H32F2N2O4/c1-6-27-16(25)19(5)9-13(10-19)11-23-8-7-14-15(23)20(21,22)12-24(14)17(26)28-18(2,3)4/h13-15H,6-12H2,1-5H3/t13?,14-,15+,19?/m0/s1. The maximum atomic E-state index is 14.8. The molecule has 0 spiro atoms. The molecule has 2 saturated heterocycles. The van der Waals surface area contributed by atoms with Crippen LogP contribution in [0, 0.1) is 11.3 Å². The highest BCUT2D eigenvalue weighted by molar-refractivity contribution is 5.77. The molecule has 8 heteroatoms. The van der Waals surface area contributed by atoms with Gasteiger partial charge in [-0.25, -0.2) is 13.6 Å². The van der Waals surface area contributed by atoms with Crippen LogP contribution in [-0.4, -0.2) is 71.7 Å². The smallest absolute Gasteiger partial charge is 0.410 e. The fraction of sp³-hybridized carbons (Fsp3) is 0.900. The first-order valence-electron chi connectivity index (χ1n) is 10.1. The van der Waals surface area contributed by atoms with Gasteiger partial charge in [0.2, 0.25) is 0 Å². The van der Waals surface area contributed by atoms with Gasteiger partial charge in [0.15, 0.2) is 0 Å². The van der Waals surface area contributed by atoms with Crippen molar-refractivity contribution >= 4 is 12.1 Å². The molecule has 0 radical (unpaired) electrons. The van der Waals surface area contributed by atoms with Crippen molar-refractivity contribution in [2.45, 2.75) is 77.5 Å². The lowest BCUT2D eigenvalue weighted by Gasteiger charge is -2.45. The van der Waals surface area contributed by atoms with E-state index in [1.165, 1.54) is 4.90 Å². The molecule has 0 bridgehead atoms. The van der Waals surface area contributed by atoms with Crippen molar-refractivity contribution in [2.75, 3.05) is 26.2 Å². The zero-order valence-electron chi connectivity index (χ0n) is 17.5. The maximum absolute atomic E-state index is 14.8. The van der Waals surface area contributed by atoms with Crippen molar-refractivity contribution in [3.63, 3.8) is 0 Å². The molecule has 3 aliphatic rings. The number of nitrogens with zero attached hydrogens (tertiary/aromatic N) is 2. The van der Waals surface area contributed by atoms with Crippen molar-refractivity contribution in [2.24, 2.45) is 11.3 Å². The lowest BCUT2D eigenvalue weighted by molar-refractivity contribution is -0.164. The van der Waals surface area contributed by atoms with Gasteiger partial charge in [0, 0.05) is 13.1 Å². The van der Waals surface area contributed by atoms with Gasteiger partial charge in [0.25, 0.3) is 5.92 Å². The molecule has 1 amide bonds. The van der Waals surface area contributed by atoms with Crippen LogP contribution >= 0.6 is 0 Å². The van der Waals surface area contributed by atoms with Crippen LogP contribution < -0.4 is 0 Å². The fourth-order valence-corrected chi connectivity index (χ4v) is 5.02. The Morgan fingerprint density at radius 1 is 1.21 bits per heavy atom.